The normalized spacial score (nSPS) is 11.1. The lowest BCUT2D eigenvalue weighted by Crippen LogP contribution is -2.14. The number of rotatable bonds is 17. The Balaban J connectivity index is 2.89. The van der Waals surface area contributed by atoms with Crippen LogP contribution in [0.2, 0.25) is 0 Å². The summed E-state index contributed by atoms with van der Waals surface area (Å²) in [5.74, 6) is 0. The van der Waals surface area contributed by atoms with Gasteiger partial charge in [0.25, 0.3) is 0 Å². The molecule has 6 nitrogen and oxygen atoms in total. The minimum Gasteiger partial charge on any atom is -0.411 e. The second-order valence-corrected chi connectivity index (χ2v) is 3.67. The van der Waals surface area contributed by atoms with Crippen LogP contribution in [0.15, 0.2) is 0 Å². The Labute approximate surface area is 122 Å². The lowest BCUT2D eigenvalue weighted by atomic mass is 10.7. The quantitative estimate of drug-likeness (QED) is 0.291. The van der Waals surface area contributed by atoms with Gasteiger partial charge in [0, 0.05) is 0 Å². The molecule has 0 heterocycles. The molecule has 0 rings (SSSR count). The molecule has 0 atom stereocenters. The first-order chi connectivity index (χ1) is 9.91. The molecule has 6 heteroatoms. The van der Waals surface area contributed by atoms with E-state index in [9.17, 15) is 0 Å². The molecule has 0 radical (unpaired) electrons. The van der Waals surface area contributed by atoms with E-state index in [1.807, 2.05) is 0 Å². The summed E-state index contributed by atoms with van der Waals surface area (Å²) < 4.78 is 31.3. The molecule has 0 aromatic rings. The lowest BCUT2D eigenvalue weighted by Gasteiger charge is -2.08. The molecule has 0 bridgehead atoms. The van der Waals surface area contributed by atoms with Crippen LogP contribution in [0, 0.1) is 13.8 Å². The molecule has 0 unspecified atom stereocenters. The third-order valence-electron chi connectivity index (χ3n) is 2.15. The van der Waals surface area contributed by atoms with Gasteiger partial charge in [0.15, 0.2) is 0 Å². The molecule has 0 fully saturated rings. The van der Waals surface area contributed by atoms with Crippen LogP contribution in [0.5, 0.6) is 0 Å². The van der Waals surface area contributed by atoms with Crippen LogP contribution in [0.1, 0.15) is 0 Å². The lowest BCUT2D eigenvalue weighted by molar-refractivity contribution is -0.0146. The van der Waals surface area contributed by atoms with Crippen molar-refractivity contribution < 1.29 is 28.4 Å². The third kappa shape index (κ3) is 17.8. The molecule has 20 heavy (non-hydrogen) atoms. The van der Waals surface area contributed by atoms with Gasteiger partial charge in [-0.3, -0.25) is 0 Å². The van der Waals surface area contributed by atoms with E-state index in [0.29, 0.717) is 79.3 Å². The van der Waals surface area contributed by atoms with Crippen LogP contribution in [0.3, 0.4) is 0 Å². The fraction of sp³-hybridized carbons (Fsp3) is 0.857. The third-order valence-corrected chi connectivity index (χ3v) is 2.15. The van der Waals surface area contributed by atoms with Crippen molar-refractivity contribution in [1.29, 1.82) is 0 Å². The van der Waals surface area contributed by atoms with Gasteiger partial charge in [0.05, 0.1) is 66.1 Å². The van der Waals surface area contributed by atoms with E-state index in [2.05, 4.69) is 13.8 Å². The Morgan fingerprint density at radius 2 is 0.550 bits per heavy atom. The Bertz CT molecular complexity index is 150. The molecule has 122 valence electrons. The zero-order valence-electron chi connectivity index (χ0n) is 12.3. The van der Waals surface area contributed by atoms with Crippen LogP contribution in [-0.2, 0) is 28.4 Å². The van der Waals surface area contributed by atoms with Crippen LogP contribution >= 0.6 is 0 Å². The summed E-state index contributed by atoms with van der Waals surface area (Å²) in [5.41, 5.74) is 0. The maximum Gasteiger partial charge on any atom is 0.0701 e. The van der Waals surface area contributed by atoms with Crippen molar-refractivity contribution in [2.24, 2.45) is 0 Å². The number of hydrogen-bond acceptors (Lipinski definition) is 6. The molecular weight excluding hydrogens is 264 g/mol. The van der Waals surface area contributed by atoms with Gasteiger partial charge in [0.1, 0.15) is 0 Å². The van der Waals surface area contributed by atoms with Crippen molar-refractivity contribution in [3.63, 3.8) is 0 Å². The van der Waals surface area contributed by atoms with Gasteiger partial charge in [-0.15, -0.1) is 0 Å². The Morgan fingerprint density at radius 3 is 0.750 bits per heavy atom. The highest BCUT2D eigenvalue weighted by atomic mass is 16.6. The predicted octanol–water partition coefficient (Wildman–Crippen LogP) is 0.754. The van der Waals surface area contributed by atoms with Crippen molar-refractivity contribution in [3.05, 3.63) is 13.8 Å². The second kappa shape index (κ2) is 18.8. The Morgan fingerprint density at radius 1 is 0.350 bits per heavy atom. The molecule has 0 saturated heterocycles. The van der Waals surface area contributed by atoms with Crippen molar-refractivity contribution in [2.45, 2.75) is 0 Å². The standard InChI is InChI=1S/C14H28O6/c1-3-15-5-7-17-9-11-19-13-14-20-12-10-18-8-6-16-4-2/h1-14H2/q-2. The SMILES string of the molecule is [CH2-]COCCOCCOCCOCCOCCOC[CH2-]. The summed E-state index contributed by atoms with van der Waals surface area (Å²) in [5, 5.41) is 0. The molecule has 0 spiro atoms. The zero-order chi connectivity index (χ0) is 14.7. The monoisotopic (exact) mass is 292 g/mol. The topological polar surface area (TPSA) is 55.4 Å². The molecule has 0 N–H and O–H groups in total. The Hall–Kier alpha value is -0.240. The van der Waals surface area contributed by atoms with E-state index in [4.69, 9.17) is 28.4 Å². The van der Waals surface area contributed by atoms with E-state index in [-0.39, 0.29) is 0 Å². The molecule has 0 aromatic carbocycles. The van der Waals surface area contributed by atoms with E-state index in [1.165, 1.54) is 0 Å². The summed E-state index contributed by atoms with van der Waals surface area (Å²) in [7, 11) is 0. The number of ether oxygens (including phenoxy) is 6. The maximum atomic E-state index is 5.33. The van der Waals surface area contributed by atoms with Gasteiger partial charge >= 0.3 is 0 Å². The molecule has 0 aromatic heterocycles. The summed E-state index contributed by atoms with van der Waals surface area (Å²) in [6.45, 7) is 13.7. The van der Waals surface area contributed by atoms with Crippen molar-refractivity contribution in [1.82, 2.24) is 0 Å². The summed E-state index contributed by atoms with van der Waals surface area (Å²) in [6.07, 6.45) is 0. The molecule has 0 saturated carbocycles. The van der Waals surface area contributed by atoms with E-state index in [1.54, 1.807) is 0 Å². The average Bonchev–Trinajstić information content (AvgIpc) is 2.47. The highest BCUT2D eigenvalue weighted by Crippen LogP contribution is 1.84. The fourth-order valence-corrected chi connectivity index (χ4v) is 1.20. The van der Waals surface area contributed by atoms with Crippen LogP contribution in [0.4, 0.5) is 0 Å². The fourth-order valence-electron chi connectivity index (χ4n) is 1.20. The predicted molar refractivity (Wildman–Crippen MR) is 75.6 cm³/mol. The molecule has 0 amide bonds. The number of hydrogen-bond donors (Lipinski definition) is 0. The van der Waals surface area contributed by atoms with E-state index < -0.39 is 0 Å². The Kier molecular flexibility index (Phi) is 18.5. The molecule has 0 aliphatic heterocycles. The highest BCUT2D eigenvalue weighted by molar-refractivity contribution is 4.37. The van der Waals surface area contributed by atoms with Crippen molar-refractivity contribution in [3.8, 4) is 0 Å². The van der Waals surface area contributed by atoms with Gasteiger partial charge in [-0.1, -0.05) is 13.2 Å². The smallest absolute Gasteiger partial charge is 0.0701 e. The molecular formula is C14H28O6-2. The van der Waals surface area contributed by atoms with Crippen LogP contribution in [-0.4, -0.2) is 79.3 Å². The van der Waals surface area contributed by atoms with Gasteiger partial charge in [-0.25, -0.2) is 0 Å². The summed E-state index contributed by atoms with van der Waals surface area (Å²) in [4.78, 5) is 0. The first-order valence-electron chi connectivity index (χ1n) is 6.96. The van der Waals surface area contributed by atoms with Crippen molar-refractivity contribution in [2.75, 3.05) is 79.3 Å². The zero-order valence-corrected chi connectivity index (χ0v) is 12.3. The molecule has 0 aliphatic carbocycles. The van der Waals surface area contributed by atoms with Gasteiger partial charge in [-0.05, 0) is 0 Å². The van der Waals surface area contributed by atoms with E-state index >= 15 is 0 Å². The van der Waals surface area contributed by atoms with Gasteiger partial charge < -0.3 is 42.3 Å². The molecule has 0 aliphatic rings. The van der Waals surface area contributed by atoms with Crippen LogP contribution < -0.4 is 0 Å². The van der Waals surface area contributed by atoms with Gasteiger partial charge in [0.2, 0.25) is 0 Å². The second-order valence-electron chi connectivity index (χ2n) is 3.67. The minimum atomic E-state index is 0.476. The summed E-state index contributed by atoms with van der Waals surface area (Å²) >= 11 is 0. The van der Waals surface area contributed by atoms with E-state index in [0.717, 1.165) is 0 Å². The first kappa shape index (κ1) is 19.8. The minimum absolute atomic E-state index is 0.476. The average molecular weight is 292 g/mol. The maximum absolute atomic E-state index is 5.33. The van der Waals surface area contributed by atoms with Crippen LogP contribution in [0.25, 0.3) is 0 Å². The highest BCUT2D eigenvalue weighted by Gasteiger charge is 1.92. The first-order valence-corrected chi connectivity index (χ1v) is 6.96. The van der Waals surface area contributed by atoms with Crippen molar-refractivity contribution >= 4 is 0 Å². The summed E-state index contributed by atoms with van der Waals surface area (Å²) in [6, 6.07) is 0. The van der Waals surface area contributed by atoms with Gasteiger partial charge in [-0.2, -0.15) is 0 Å². The largest absolute Gasteiger partial charge is 0.411 e.